The highest BCUT2D eigenvalue weighted by molar-refractivity contribution is 5.95. The van der Waals surface area contributed by atoms with E-state index in [2.05, 4.69) is 45.0 Å². The van der Waals surface area contributed by atoms with Crippen molar-refractivity contribution in [3.05, 3.63) is 42.7 Å². The fourth-order valence-corrected chi connectivity index (χ4v) is 2.59. The van der Waals surface area contributed by atoms with Gasteiger partial charge in [0.1, 0.15) is 0 Å². The van der Waals surface area contributed by atoms with E-state index in [1.165, 1.54) is 23.7 Å². The average Bonchev–Trinajstić information content (AvgIpc) is 3.20. The zero-order valence-electron chi connectivity index (χ0n) is 10.5. The number of benzene rings is 1. The molecular formula is C15H14N4. The maximum Gasteiger partial charge on any atom is 0.220 e. The highest BCUT2D eigenvalue weighted by atomic mass is 15.0. The number of nitrogens with zero attached hydrogens (tertiary/aromatic N) is 3. The minimum Gasteiger partial charge on any atom is -0.368 e. The summed E-state index contributed by atoms with van der Waals surface area (Å²) in [6.45, 7) is 0. The number of rotatable bonds is 2. The molecule has 4 heteroatoms. The van der Waals surface area contributed by atoms with Crippen LogP contribution in [0, 0.1) is 0 Å². The monoisotopic (exact) mass is 250 g/mol. The number of nitrogen functional groups attached to an aromatic ring is 1. The van der Waals surface area contributed by atoms with E-state index >= 15 is 0 Å². The Labute approximate surface area is 110 Å². The predicted molar refractivity (Wildman–Crippen MR) is 75.6 cm³/mol. The molecule has 0 unspecified atom stereocenters. The van der Waals surface area contributed by atoms with Crippen molar-refractivity contribution in [1.82, 2.24) is 14.5 Å². The molecule has 0 bridgehead atoms. The third-order valence-electron chi connectivity index (χ3n) is 3.63. The second-order valence-electron chi connectivity index (χ2n) is 5.00. The highest BCUT2D eigenvalue weighted by Crippen LogP contribution is 2.40. The first-order chi connectivity index (χ1) is 9.33. The van der Waals surface area contributed by atoms with Crippen molar-refractivity contribution >= 4 is 16.9 Å². The van der Waals surface area contributed by atoms with E-state index in [0.29, 0.717) is 12.0 Å². The number of hydrogen-bond donors (Lipinski definition) is 1. The lowest BCUT2D eigenvalue weighted by molar-refractivity contribution is 0.776. The Balaban J connectivity index is 1.99. The molecule has 19 heavy (non-hydrogen) atoms. The van der Waals surface area contributed by atoms with Crippen molar-refractivity contribution in [3.63, 3.8) is 0 Å². The van der Waals surface area contributed by atoms with E-state index in [1.807, 2.05) is 6.07 Å². The maximum atomic E-state index is 5.69. The zero-order chi connectivity index (χ0) is 12.8. The summed E-state index contributed by atoms with van der Waals surface area (Å²) in [6, 6.07) is 11.0. The SMILES string of the molecule is Nc1nccc(-c2cn(C3CC3)c3ccccc23)n1. The topological polar surface area (TPSA) is 56.7 Å². The number of fused-ring (bicyclic) bond motifs is 1. The van der Waals surface area contributed by atoms with Crippen molar-refractivity contribution in [1.29, 1.82) is 0 Å². The lowest BCUT2D eigenvalue weighted by Gasteiger charge is -2.00. The fraction of sp³-hybridized carbons (Fsp3) is 0.200. The van der Waals surface area contributed by atoms with Crippen LogP contribution in [-0.2, 0) is 0 Å². The summed E-state index contributed by atoms with van der Waals surface area (Å²) in [5.41, 5.74) is 8.99. The van der Waals surface area contributed by atoms with Crippen LogP contribution in [0.4, 0.5) is 5.95 Å². The van der Waals surface area contributed by atoms with E-state index < -0.39 is 0 Å². The summed E-state index contributed by atoms with van der Waals surface area (Å²) in [6.07, 6.45) is 6.44. The first-order valence-electron chi connectivity index (χ1n) is 6.51. The minimum absolute atomic E-state index is 0.320. The number of anilines is 1. The van der Waals surface area contributed by atoms with Gasteiger partial charge in [0.25, 0.3) is 0 Å². The quantitative estimate of drug-likeness (QED) is 0.760. The lowest BCUT2D eigenvalue weighted by Crippen LogP contribution is -1.94. The van der Waals surface area contributed by atoms with E-state index in [-0.39, 0.29) is 0 Å². The molecule has 2 N–H and O–H groups in total. The summed E-state index contributed by atoms with van der Waals surface area (Å²) < 4.78 is 2.36. The van der Waals surface area contributed by atoms with Gasteiger partial charge in [-0.25, -0.2) is 9.97 Å². The molecule has 1 aromatic carbocycles. The van der Waals surface area contributed by atoms with Crippen LogP contribution >= 0.6 is 0 Å². The Kier molecular flexibility index (Phi) is 2.12. The van der Waals surface area contributed by atoms with Crippen molar-refractivity contribution in [2.75, 3.05) is 5.73 Å². The van der Waals surface area contributed by atoms with Crippen LogP contribution in [0.15, 0.2) is 42.7 Å². The molecule has 1 aliphatic carbocycles. The van der Waals surface area contributed by atoms with E-state index in [1.54, 1.807) is 6.20 Å². The van der Waals surface area contributed by atoms with Gasteiger partial charge in [-0.15, -0.1) is 0 Å². The van der Waals surface area contributed by atoms with Crippen LogP contribution in [0.1, 0.15) is 18.9 Å². The molecule has 1 saturated carbocycles. The fourth-order valence-electron chi connectivity index (χ4n) is 2.59. The molecule has 4 rings (SSSR count). The summed E-state index contributed by atoms with van der Waals surface area (Å²) in [5, 5.41) is 1.23. The van der Waals surface area contributed by atoms with Gasteiger partial charge in [0.2, 0.25) is 5.95 Å². The van der Waals surface area contributed by atoms with E-state index in [9.17, 15) is 0 Å². The van der Waals surface area contributed by atoms with Crippen LogP contribution in [0.25, 0.3) is 22.2 Å². The Morgan fingerprint density at radius 3 is 2.79 bits per heavy atom. The summed E-state index contributed by atoms with van der Waals surface area (Å²) >= 11 is 0. The van der Waals surface area contributed by atoms with Gasteiger partial charge in [-0.1, -0.05) is 18.2 Å². The van der Waals surface area contributed by atoms with Gasteiger partial charge in [0, 0.05) is 34.9 Å². The normalized spacial score (nSPS) is 14.9. The van der Waals surface area contributed by atoms with Crippen molar-refractivity contribution in [2.45, 2.75) is 18.9 Å². The van der Waals surface area contributed by atoms with Gasteiger partial charge in [-0.3, -0.25) is 0 Å². The molecule has 3 aromatic rings. The van der Waals surface area contributed by atoms with Gasteiger partial charge in [0.15, 0.2) is 0 Å². The standard InChI is InChI=1S/C15H14N4/c16-15-17-8-7-13(18-15)12-9-19(10-5-6-10)14-4-2-1-3-11(12)14/h1-4,7-10H,5-6H2,(H2,16,17,18). The van der Waals surface area contributed by atoms with Crippen LogP contribution < -0.4 is 5.73 Å². The van der Waals surface area contributed by atoms with Gasteiger partial charge in [0.05, 0.1) is 5.69 Å². The molecule has 1 fully saturated rings. The maximum absolute atomic E-state index is 5.69. The Hall–Kier alpha value is -2.36. The molecule has 2 heterocycles. The summed E-state index contributed by atoms with van der Waals surface area (Å²) in [5.74, 6) is 0.320. The minimum atomic E-state index is 0.320. The van der Waals surface area contributed by atoms with Crippen LogP contribution in [0.2, 0.25) is 0 Å². The van der Waals surface area contributed by atoms with Gasteiger partial charge >= 0.3 is 0 Å². The second kappa shape index (κ2) is 3.82. The Morgan fingerprint density at radius 1 is 1.16 bits per heavy atom. The third-order valence-corrected chi connectivity index (χ3v) is 3.63. The predicted octanol–water partition coefficient (Wildman–Crippen LogP) is 3.02. The molecule has 1 aliphatic rings. The highest BCUT2D eigenvalue weighted by Gasteiger charge is 2.26. The Morgan fingerprint density at radius 2 is 2.00 bits per heavy atom. The lowest BCUT2D eigenvalue weighted by atomic mass is 10.1. The molecule has 0 saturated heterocycles. The van der Waals surface area contributed by atoms with Crippen molar-refractivity contribution in [2.24, 2.45) is 0 Å². The number of para-hydroxylation sites is 1. The van der Waals surface area contributed by atoms with Crippen LogP contribution in [0.3, 0.4) is 0 Å². The third kappa shape index (κ3) is 1.68. The summed E-state index contributed by atoms with van der Waals surface area (Å²) in [7, 11) is 0. The first kappa shape index (κ1) is 10.6. The van der Waals surface area contributed by atoms with Gasteiger partial charge in [-0.2, -0.15) is 0 Å². The number of aromatic nitrogens is 3. The smallest absolute Gasteiger partial charge is 0.220 e. The zero-order valence-corrected chi connectivity index (χ0v) is 10.5. The van der Waals surface area contributed by atoms with Crippen molar-refractivity contribution in [3.8, 4) is 11.3 Å². The largest absolute Gasteiger partial charge is 0.368 e. The molecule has 0 amide bonds. The molecule has 0 aliphatic heterocycles. The van der Waals surface area contributed by atoms with Gasteiger partial charge in [-0.05, 0) is 25.0 Å². The molecular weight excluding hydrogens is 236 g/mol. The Bertz CT molecular complexity index is 756. The number of nitrogens with two attached hydrogens (primary N) is 1. The van der Waals surface area contributed by atoms with Crippen LogP contribution in [-0.4, -0.2) is 14.5 Å². The molecule has 0 spiro atoms. The molecule has 0 atom stereocenters. The van der Waals surface area contributed by atoms with Crippen LogP contribution in [0.5, 0.6) is 0 Å². The molecule has 4 nitrogen and oxygen atoms in total. The second-order valence-corrected chi connectivity index (χ2v) is 5.00. The van der Waals surface area contributed by atoms with E-state index in [4.69, 9.17) is 5.73 Å². The molecule has 2 aromatic heterocycles. The van der Waals surface area contributed by atoms with E-state index in [0.717, 1.165) is 11.3 Å². The molecule has 94 valence electrons. The number of hydrogen-bond acceptors (Lipinski definition) is 3. The molecule has 0 radical (unpaired) electrons. The summed E-state index contributed by atoms with van der Waals surface area (Å²) in [4.78, 5) is 8.30. The van der Waals surface area contributed by atoms with Gasteiger partial charge < -0.3 is 10.3 Å². The first-order valence-corrected chi connectivity index (χ1v) is 6.51. The average molecular weight is 250 g/mol. The van der Waals surface area contributed by atoms with Crippen molar-refractivity contribution < 1.29 is 0 Å².